The number of nitrogens with two attached hydrogens (primary N) is 1. The van der Waals surface area contributed by atoms with Crippen LogP contribution in [0.25, 0.3) is 11.1 Å². The van der Waals surface area contributed by atoms with Crippen LogP contribution in [-0.2, 0) is 10.2 Å². The van der Waals surface area contributed by atoms with Crippen molar-refractivity contribution in [2.24, 2.45) is 0 Å². The number of benzene rings is 3. The van der Waals surface area contributed by atoms with Gasteiger partial charge in [-0.2, -0.15) is 13.2 Å². The van der Waals surface area contributed by atoms with Gasteiger partial charge in [-0.25, -0.2) is 0 Å². The quantitative estimate of drug-likeness (QED) is 0.315. The van der Waals surface area contributed by atoms with Gasteiger partial charge in [-0.1, -0.05) is 55.0 Å². The summed E-state index contributed by atoms with van der Waals surface area (Å²) >= 11 is 0. The first-order chi connectivity index (χ1) is 18.3. The Bertz CT molecular complexity index is 1220. The van der Waals surface area contributed by atoms with Crippen molar-refractivity contribution in [3.05, 3.63) is 83.9 Å². The minimum atomic E-state index is -4.47. The number of anilines is 2. The number of nitrogen functional groups attached to an aromatic ring is 1. The minimum absolute atomic E-state index is 0.454. The standard InChI is InChI=1S/C30H33F3N4O/c31-30(32,33)21-35-28(38)29(26-9-3-1-7-24(26)25-8-2-4-10-27(25)29)15-5-6-16-36-17-19-37(20-18-36)23-13-11-22(34)12-14-23/h1-4,7-14H,5-6,15-21,34H2,(H,35,38). The Morgan fingerprint density at radius 3 is 2.00 bits per heavy atom. The lowest BCUT2D eigenvalue weighted by Gasteiger charge is -2.36. The zero-order valence-electron chi connectivity index (χ0n) is 21.3. The van der Waals surface area contributed by atoms with Crippen LogP contribution in [0.5, 0.6) is 0 Å². The van der Waals surface area contributed by atoms with Crippen LogP contribution >= 0.6 is 0 Å². The molecule has 5 rings (SSSR count). The summed E-state index contributed by atoms with van der Waals surface area (Å²) in [6.07, 6.45) is -2.43. The van der Waals surface area contributed by atoms with Crippen molar-refractivity contribution in [3.8, 4) is 11.1 Å². The SMILES string of the molecule is Nc1ccc(N2CCN(CCCCC3(C(=O)NCC(F)(F)F)c4ccccc4-c4ccccc43)CC2)cc1. The number of unbranched alkanes of at least 4 members (excludes halogenated alkanes) is 1. The predicted molar refractivity (Wildman–Crippen MR) is 145 cm³/mol. The number of fused-ring (bicyclic) bond motifs is 3. The number of alkyl halides is 3. The van der Waals surface area contributed by atoms with Crippen LogP contribution in [0.15, 0.2) is 72.8 Å². The van der Waals surface area contributed by atoms with Gasteiger partial charge in [0.15, 0.2) is 0 Å². The van der Waals surface area contributed by atoms with Crippen LogP contribution in [-0.4, -0.2) is 56.3 Å². The molecule has 1 heterocycles. The molecule has 3 N–H and O–H groups in total. The van der Waals surface area contributed by atoms with Gasteiger partial charge in [-0.15, -0.1) is 0 Å². The molecule has 1 aliphatic carbocycles. The maximum atomic E-state index is 13.6. The smallest absolute Gasteiger partial charge is 0.399 e. The Balaban J connectivity index is 1.26. The van der Waals surface area contributed by atoms with E-state index in [0.717, 1.165) is 73.5 Å². The number of nitrogens with one attached hydrogen (secondary N) is 1. The van der Waals surface area contributed by atoms with Crippen molar-refractivity contribution in [1.82, 2.24) is 10.2 Å². The van der Waals surface area contributed by atoms with Gasteiger partial charge in [0, 0.05) is 37.6 Å². The largest absolute Gasteiger partial charge is 0.405 e. The minimum Gasteiger partial charge on any atom is -0.399 e. The highest BCUT2D eigenvalue weighted by atomic mass is 19.4. The summed E-state index contributed by atoms with van der Waals surface area (Å²) in [5.74, 6) is -0.579. The summed E-state index contributed by atoms with van der Waals surface area (Å²) < 4.78 is 39.2. The Labute approximate surface area is 221 Å². The zero-order valence-corrected chi connectivity index (χ0v) is 21.3. The van der Waals surface area contributed by atoms with Crippen molar-refractivity contribution in [1.29, 1.82) is 0 Å². The molecule has 0 radical (unpaired) electrons. The van der Waals surface area contributed by atoms with Gasteiger partial charge in [-0.3, -0.25) is 9.69 Å². The summed E-state index contributed by atoms with van der Waals surface area (Å²) in [6.45, 7) is 3.28. The fourth-order valence-corrected chi connectivity index (χ4v) is 5.92. The number of amides is 1. The molecule has 1 amide bonds. The van der Waals surface area contributed by atoms with Crippen LogP contribution in [0.2, 0.25) is 0 Å². The summed E-state index contributed by atoms with van der Waals surface area (Å²) in [4.78, 5) is 18.4. The molecular weight excluding hydrogens is 489 g/mol. The monoisotopic (exact) mass is 522 g/mol. The fraction of sp³-hybridized carbons (Fsp3) is 0.367. The normalized spacial score (nSPS) is 16.7. The van der Waals surface area contributed by atoms with Crippen LogP contribution in [0.1, 0.15) is 30.4 Å². The number of hydrogen-bond acceptors (Lipinski definition) is 4. The molecule has 5 nitrogen and oxygen atoms in total. The molecule has 2 aliphatic rings. The molecular formula is C30H33F3N4O. The summed E-state index contributed by atoms with van der Waals surface area (Å²) in [7, 11) is 0. The molecule has 3 aromatic rings. The molecule has 1 aliphatic heterocycles. The molecule has 0 atom stereocenters. The van der Waals surface area contributed by atoms with E-state index in [4.69, 9.17) is 5.73 Å². The maximum absolute atomic E-state index is 13.6. The summed E-state index contributed by atoms with van der Waals surface area (Å²) in [5.41, 5.74) is 10.0. The third-order valence-electron chi connectivity index (χ3n) is 7.81. The van der Waals surface area contributed by atoms with Crippen LogP contribution in [0.3, 0.4) is 0 Å². The van der Waals surface area contributed by atoms with Gasteiger partial charge in [-0.05, 0) is 65.9 Å². The van der Waals surface area contributed by atoms with Gasteiger partial charge < -0.3 is 16.0 Å². The van der Waals surface area contributed by atoms with Crippen molar-refractivity contribution >= 4 is 17.3 Å². The van der Waals surface area contributed by atoms with Gasteiger partial charge in [0.1, 0.15) is 12.0 Å². The highest BCUT2D eigenvalue weighted by Gasteiger charge is 2.49. The number of carbonyl (C=O) groups is 1. The van der Waals surface area contributed by atoms with Crippen molar-refractivity contribution in [3.63, 3.8) is 0 Å². The zero-order chi connectivity index (χ0) is 26.8. The Morgan fingerprint density at radius 2 is 1.42 bits per heavy atom. The van der Waals surface area contributed by atoms with Gasteiger partial charge in [0.2, 0.25) is 5.91 Å². The molecule has 1 saturated heterocycles. The van der Waals surface area contributed by atoms with E-state index in [9.17, 15) is 18.0 Å². The second-order valence-electron chi connectivity index (χ2n) is 10.2. The van der Waals surface area contributed by atoms with E-state index in [1.165, 1.54) is 5.69 Å². The fourth-order valence-electron chi connectivity index (χ4n) is 5.92. The van der Waals surface area contributed by atoms with E-state index in [2.05, 4.69) is 15.1 Å². The Kier molecular flexibility index (Phi) is 7.34. The second kappa shape index (κ2) is 10.7. The highest BCUT2D eigenvalue weighted by Crippen LogP contribution is 2.51. The van der Waals surface area contributed by atoms with Crippen LogP contribution < -0.4 is 16.0 Å². The van der Waals surface area contributed by atoms with Crippen LogP contribution in [0.4, 0.5) is 24.5 Å². The van der Waals surface area contributed by atoms with Gasteiger partial charge in [0.05, 0.1) is 0 Å². The van der Waals surface area contributed by atoms with E-state index in [1.807, 2.05) is 72.8 Å². The second-order valence-corrected chi connectivity index (χ2v) is 10.2. The number of carbonyl (C=O) groups excluding carboxylic acids is 1. The highest BCUT2D eigenvalue weighted by molar-refractivity contribution is 6.00. The van der Waals surface area contributed by atoms with Crippen molar-refractivity contribution < 1.29 is 18.0 Å². The van der Waals surface area contributed by atoms with E-state index in [1.54, 1.807) is 0 Å². The van der Waals surface area contributed by atoms with Gasteiger partial charge in [0.25, 0.3) is 0 Å². The van der Waals surface area contributed by atoms with Crippen molar-refractivity contribution in [2.45, 2.75) is 30.9 Å². The van der Waals surface area contributed by atoms with Gasteiger partial charge >= 0.3 is 6.18 Å². The topological polar surface area (TPSA) is 61.6 Å². The average molecular weight is 523 g/mol. The average Bonchev–Trinajstić information content (AvgIpc) is 3.21. The molecule has 0 saturated carbocycles. The van der Waals surface area contributed by atoms with Crippen molar-refractivity contribution in [2.75, 3.05) is 49.9 Å². The number of hydrogen-bond donors (Lipinski definition) is 2. The molecule has 8 heteroatoms. The molecule has 0 spiro atoms. The Morgan fingerprint density at radius 1 is 0.842 bits per heavy atom. The molecule has 38 heavy (non-hydrogen) atoms. The van der Waals surface area contributed by atoms with E-state index < -0.39 is 24.0 Å². The lowest BCUT2D eigenvalue weighted by molar-refractivity contribution is -0.141. The third kappa shape index (κ3) is 5.23. The summed E-state index contributed by atoms with van der Waals surface area (Å²) in [6, 6.07) is 23.1. The molecule has 0 aromatic heterocycles. The Hall–Kier alpha value is -3.52. The third-order valence-corrected chi connectivity index (χ3v) is 7.81. The molecule has 1 fully saturated rings. The van der Waals surface area contributed by atoms with E-state index in [-0.39, 0.29) is 0 Å². The van der Waals surface area contributed by atoms with Crippen LogP contribution in [0, 0.1) is 0 Å². The maximum Gasteiger partial charge on any atom is 0.405 e. The summed E-state index contributed by atoms with van der Waals surface area (Å²) in [5, 5.41) is 2.21. The first-order valence-electron chi connectivity index (χ1n) is 13.2. The number of piperazine rings is 1. The molecule has 0 bridgehead atoms. The lowest BCUT2D eigenvalue weighted by Crippen LogP contribution is -2.47. The van der Waals surface area contributed by atoms with E-state index >= 15 is 0 Å². The predicted octanol–water partition coefficient (Wildman–Crippen LogP) is 5.21. The molecule has 3 aromatic carbocycles. The lowest BCUT2D eigenvalue weighted by atomic mass is 9.73. The molecule has 200 valence electrons. The number of halogens is 3. The number of rotatable bonds is 8. The first-order valence-corrected chi connectivity index (χ1v) is 13.2. The first kappa shape index (κ1) is 26.1. The van der Waals surface area contributed by atoms with E-state index in [0.29, 0.717) is 6.42 Å². The number of nitrogens with zero attached hydrogens (tertiary/aromatic N) is 2. The molecule has 0 unspecified atom stereocenters.